The number of amides is 2. The standard InChI is InChI=1S/C27H45N5O4/c1-20(2)19-32(22-16-21(17-28-18-22)26(33)30-11-14-36-15-12-30)27(34)25-29-23-8-4-5-9-24(23)31(25)10-6-7-13-35-3/h20-22,28H,4-19H2,1-3H3/t21-,22+/m1/s1. The Morgan fingerprint density at radius 3 is 2.69 bits per heavy atom. The third-order valence-electron chi connectivity index (χ3n) is 7.67. The average molecular weight is 504 g/mol. The van der Waals surface area contributed by atoms with Crippen LogP contribution < -0.4 is 5.32 Å². The van der Waals surface area contributed by atoms with Crippen LogP contribution in [0.2, 0.25) is 0 Å². The van der Waals surface area contributed by atoms with Crippen LogP contribution in [0.25, 0.3) is 0 Å². The Bertz CT molecular complexity index is 880. The molecule has 3 aliphatic rings. The Labute approximate surface area is 215 Å². The lowest BCUT2D eigenvalue weighted by atomic mass is 9.92. The second kappa shape index (κ2) is 13.0. The number of rotatable bonds is 10. The molecule has 2 fully saturated rings. The summed E-state index contributed by atoms with van der Waals surface area (Å²) in [6.45, 7) is 10.4. The summed E-state index contributed by atoms with van der Waals surface area (Å²) in [7, 11) is 1.73. The van der Waals surface area contributed by atoms with Crippen molar-refractivity contribution in [3.8, 4) is 0 Å². The van der Waals surface area contributed by atoms with Gasteiger partial charge in [0.25, 0.3) is 5.91 Å². The van der Waals surface area contributed by atoms with Gasteiger partial charge in [-0.05, 0) is 50.9 Å². The van der Waals surface area contributed by atoms with Gasteiger partial charge < -0.3 is 29.2 Å². The molecule has 202 valence electrons. The molecule has 2 saturated heterocycles. The topological polar surface area (TPSA) is 88.9 Å². The Morgan fingerprint density at radius 2 is 1.94 bits per heavy atom. The van der Waals surface area contributed by atoms with Gasteiger partial charge in [-0.25, -0.2) is 4.98 Å². The van der Waals surface area contributed by atoms with E-state index in [0.717, 1.165) is 57.4 Å². The van der Waals surface area contributed by atoms with Gasteiger partial charge in [-0.1, -0.05) is 13.8 Å². The maximum absolute atomic E-state index is 14.2. The molecule has 1 aliphatic carbocycles. The van der Waals surface area contributed by atoms with E-state index in [1.54, 1.807) is 7.11 Å². The maximum atomic E-state index is 14.2. The van der Waals surface area contributed by atoms with Crippen molar-refractivity contribution in [3.63, 3.8) is 0 Å². The number of morpholine rings is 1. The summed E-state index contributed by atoms with van der Waals surface area (Å²) in [5.41, 5.74) is 2.34. The zero-order valence-electron chi connectivity index (χ0n) is 22.5. The second-order valence-corrected chi connectivity index (χ2v) is 10.9. The molecule has 9 heteroatoms. The molecule has 2 aliphatic heterocycles. The predicted octanol–water partition coefficient (Wildman–Crippen LogP) is 2.12. The number of ether oxygens (including phenoxy) is 2. The van der Waals surface area contributed by atoms with Crippen molar-refractivity contribution < 1.29 is 19.1 Å². The van der Waals surface area contributed by atoms with Gasteiger partial charge in [0.1, 0.15) is 0 Å². The molecule has 1 N–H and O–H groups in total. The summed E-state index contributed by atoms with van der Waals surface area (Å²) in [5.74, 6) is 0.982. The number of hydrogen-bond acceptors (Lipinski definition) is 6. The second-order valence-electron chi connectivity index (χ2n) is 10.9. The van der Waals surface area contributed by atoms with E-state index in [-0.39, 0.29) is 23.8 Å². The van der Waals surface area contributed by atoms with E-state index in [4.69, 9.17) is 14.5 Å². The lowest BCUT2D eigenvalue weighted by Crippen LogP contribution is -2.56. The summed E-state index contributed by atoms with van der Waals surface area (Å²) >= 11 is 0. The van der Waals surface area contributed by atoms with Crippen molar-refractivity contribution in [1.29, 1.82) is 0 Å². The van der Waals surface area contributed by atoms with Crippen LogP contribution in [0.5, 0.6) is 0 Å². The number of nitrogens with zero attached hydrogens (tertiary/aromatic N) is 4. The van der Waals surface area contributed by atoms with Gasteiger partial charge in [0.15, 0.2) is 5.82 Å². The summed E-state index contributed by atoms with van der Waals surface area (Å²) in [6, 6.07) is -0.0284. The van der Waals surface area contributed by atoms with E-state index >= 15 is 0 Å². The van der Waals surface area contributed by atoms with Gasteiger partial charge in [-0.15, -0.1) is 0 Å². The van der Waals surface area contributed by atoms with E-state index in [1.165, 1.54) is 5.69 Å². The maximum Gasteiger partial charge on any atom is 0.290 e. The summed E-state index contributed by atoms with van der Waals surface area (Å²) < 4.78 is 12.9. The molecule has 2 amide bonds. The lowest BCUT2D eigenvalue weighted by molar-refractivity contribution is -0.140. The molecule has 2 atom stereocenters. The number of methoxy groups -OCH3 is 1. The normalized spacial score (nSPS) is 22.5. The molecule has 4 rings (SSSR count). The van der Waals surface area contributed by atoms with Crippen LogP contribution in [-0.2, 0) is 33.7 Å². The van der Waals surface area contributed by atoms with Crippen molar-refractivity contribution >= 4 is 11.8 Å². The van der Waals surface area contributed by atoms with Crippen LogP contribution >= 0.6 is 0 Å². The number of imidazole rings is 1. The third-order valence-corrected chi connectivity index (χ3v) is 7.67. The lowest BCUT2D eigenvalue weighted by Gasteiger charge is -2.40. The summed E-state index contributed by atoms with van der Waals surface area (Å²) in [6.07, 6.45) is 6.84. The van der Waals surface area contributed by atoms with Crippen molar-refractivity contribution in [1.82, 2.24) is 24.7 Å². The molecule has 0 bridgehead atoms. The highest BCUT2D eigenvalue weighted by molar-refractivity contribution is 5.91. The fourth-order valence-electron chi connectivity index (χ4n) is 5.83. The molecule has 0 radical (unpaired) electrons. The highest BCUT2D eigenvalue weighted by atomic mass is 16.5. The largest absolute Gasteiger partial charge is 0.385 e. The van der Waals surface area contributed by atoms with Gasteiger partial charge in [0, 0.05) is 64.7 Å². The molecular formula is C27H45N5O4. The fourth-order valence-corrected chi connectivity index (χ4v) is 5.83. The number of piperidine rings is 1. The minimum atomic E-state index is -0.119. The number of hydrogen-bond donors (Lipinski definition) is 1. The molecule has 3 heterocycles. The molecule has 0 spiro atoms. The Morgan fingerprint density at radius 1 is 1.17 bits per heavy atom. The van der Waals surface area contributed by atoms with Gasteiger partial charge in [0.2, 0.25) is 5.91 Å². The average Bonchev–Trinajstić information content (AvgIpc) is 3.28. The minimum Gasteiger partial charge on any atom is -0.385 e. The number of aromatic nitrogens is 2. The first-order chi connectivity index (χ1) is 17.5. The van der Waals surface area contributed by atoms with E-state index in [0.29, 0.717) is 64.1 Å². The Balaban J connectivity index is 1.54. The first-order valence-electron chi connectivity index (χ1n) is 13.9. The minimum absolute atomic E-state index is 0.0103. The quantitative estimate of drug-likeness (QED) is 0.492. The Kier molecular flexibility index (Phi) is 9.79. The molecule has 1 aromatic rings. The van der Waals surface area contributed by atoms with Crippen LogP contribution in [0.1, 0.15) is 68.0 Å². The van der Waals surface area contributed by atoms with Crippen LogP contribution in [0, 0.1) is 11.8 Å². The highest BCUT2D eigenvalue weighted by Gasteiger charge is 2.37. The molecule has 0 saturated carbocycles. The smallest absolute Gasteiger partial charge is 0.290 e. The number of unbranched alkanes of at least 4 members (excludes halogenated alkanes) is 1. The van der Waals surface area contributed by atoms with E-state index in [2.05, 4.69) is 23.7 Å². The summed E-state index contributed by atoms with van der Waals surface area (Å²) in [4.78, 5) is 36.3. The summed E-state index contributed by atoms with van der Waals surface area (Å²) in [5, 5.41) is 3.46. The molecule has 0 unspecified atom stereocenters. The number of carbonyl (C=O) groups excluding carboxylic acids is 2. The van der Waals surface area contributed by atoms with Crippen molar-refractivity contribution in [3.05, 3.63) is 17.2 Å². The first kappa shape index (κ1) is 27.1. The fraction of sp³-hybridized carbons (Fsp3) is 0.815. The molecular weight excluding hydrogens is 458 g/mol. The SMILES string of the molecule is COCCCCn1c(C(=O)N(CC(C)C)[C@@H]2CNC[C@H](C(=O)N3CCOCC3)C2)nc2c1CCCC2. The number of aryl methyl sites for hydroxylation is 1. The van der Waals surface area contributed by atoms with Crippen LogP contribution in [0.4, 0.5) is 0 Å². The zero-order chi connectivity index (χ0) is 25.5. The molecule has 9 nitrogen and oxygen atoms in total. The molecule has 0 aromatic carbocycles. The van der Waals surface area contributed by atoms with Crippen molar-refractivity contribution in [2.75, 3.05) is 59.7 Å². The third kappa shape index (κ3) is 6.47. The first-order valence-corrected chi connectivity index (χ1v) is 13.9. The van der Waals surface area contributed by atoms with Crippen LogP contribution in [0.15, 0.2) is 0 Å². The predicted molar refractivity (Wildman–Crippen MR) is 138 cm³/mol. The van der Waals surface area contributed by atoms with Gasteiger partial charge >= 0.3 is 0 Å². The molecule has 36 heavy (non-hydrogen) atoms. The van der Waals surface area contributed by atoms with Crippen molar-refractivity contribution in [2.24, 2.45) is 11.8 Å². The van der Waals surface area contributed by atoms with Crippen LogP contribution in [0.3, 0.4) is 0 Å². The number of carbonyl (C=O) groups is 2. The number of fused-ring (bicyclic) bond motifs is 1. The van der Waals surface area contributed by atoms with Gasteiger partial charge in [0.05, 0.1) is 24.8 Å². The van der Waals surface area contributed by atoms with Gasteiger partial charge in [-0.3, -0.25) is 9.59 Å². The number of nitrogens with one attached hydrogen (secondary N) is 1. The van der Waals surface area contributed by atoms with Crippen LogP contribution in [-0.4, -0.2) is 96.9 Å². The van der Waals surface area contributed by atoms with E-state index < -0.39 is 0 Å². The van der Waals surface area contributed by atoms with Crippen molar-refractivity contribution in [2.45, 2.75) is 71.4 Å². The van der Waals surface area contributed by atoms with Gasteiger partial charge in [-0.2, -0.15) is 0 Å². The van der Waals surface area contributed by atoms with E-state index in [9.17, 15) is 9.59 Å². The Hall–Kier alpha value is -1.97. The van der Waals surface area contributed by atoms with E-state index in [1.807, 2.05) is 9.80 Å². The highest BCUT2D eigenvalue weighted by Crippen LogP contribution is 2.26. The molecule has 1 aromatic heterocycles. The monoisotopic (exact) mass is 503 g/mol. The zero-order valence-corrected chi connectivity index (χ0v) is 22.5.